The second-order valence-corrected chi connectivity index (χ2v) is 6.61. The van der Waals surface area contributed by atoms with Crippen LogP contribution in [0.5, 0.6) is 5.75 Å². The number of hydrogen-bond acceptors (Lipinski definition) is 6. The third kappa shape index (κ3) is 5.92. The Bertz CT molecular complexity index is 700. The summed E-state index contributed by atoms with van der Waals surface area (Å²) < 4.78 is 5.13. The summed E-state index contributed by atoms with van der Waals surface area (Å²) in [6.45, 7) is 5.57. The van der Waals surface area contributed by atoms with Gasteiger partial charge in [-0.1, -0.05) is 12.1 Å². The van der Waals surface area contributed by atoms with Crippen LogP contribution in [-0.4, -0.2) is 67.2 Å². The van der Waals surface area contributed by atoms with E-state index in [4.69, 9.17) is 4.74 Å². The SMILES string of the molecule is COc1ccc(CC(=O)NCCCN2CCN(c3ncccn3)CC2)cc1. The van der Waals surface area contributed by atoms with Gasteiger partial charge in [0.2, 0.25) is 11.9 Å². The molecule has 0 radical (unpaired) electrons. The van der Waals surface area contributed by atoms with Crippen molar-refractivity contribution in [2.24, 2.45) is 0 Å². The molecule has 1 N–H and O–H groups in total. The molecule has 1 aliphatic rings. The number of piperazine rings is 1. The van der Waals surface area contributed by atoms with Crippen molar-refractivity contribution >= 4 is 11.9 Å². The lowest BCUT2D eigenvalue weighted by Gasteiger charge is -2.34. The minimum absolute atomic E-state index is 0.0613. The second kappa shape index (κ2) is 9.87. The fraction of sp³-hybridized carbons (Fsp3) is 0.450. The second-order valence-electron chi connectivity index (χ2n) is 6.61. The molecule has 7 nitrogen and oxygen atoms in total. The molecular weight excluding hydrogens is 342 g/mol. The maximum Gasteiger partial charge on any atom is 0.225 e. The number of nitrogens with one attached hydrogen (secondary N) is 1. The average molecular weight is 369 g/mol. The first-order valence-electron chi connectivity index (χ1n) is 9.38. The van der Waals surface area contributed by atoms with E-state index in [1.165, 1.54) is 0 Å². The minimum Gasteiger partial charge on any atom is -0.497 e. The average Bonchev–Trinajstić information content (AvgIpc) is 2.73. The van der Waals surface area contributed by atoms with Crippen LogP contribution in [0.4, 0.5) is 5.95 Å². The molecule has 0 atom stereocenters. The lowest BCUT2D eigenvalue weighted by molar-refractivity contribution is -0.120. The third-order valence-electron chi connectivity index (χ3n) is 4.70. The van der Waals surface area contributed by atoms with E-state index in [0.717, 1.165) is 56.4 Å². The predicted octanol–water partition coefficient (Wildman–Crippen LogP) is 1.36. The van der Waals surface area contributed by atoms with Gasteiger partial charge in [-0.2, -0.15) is 0 Å². The van der Waals surface area contributed by atoms with Gasteiger partial charge in [0.25, 0.3) is 0 Å². The number of carbonyl (C=O) groups is 1. The van der Waals surface area contributed by atoms with E-state index in [9.17, 15) is 4.79 Å². The molecule has 0 unspecified atom stereocenters. The van der Waals surface area contributed by atoms with Crippen LogP contribution >= 0.6 is 0 Å². The molecule has 1 amide bonds. The van der Waals surface area contributed by atoms with E-state index >= 15 is 0 Å². The first-order chi connectivity index (χ1) is 13.2. The highest BCUT2D eigenvalue weighted by atomic mass is 16.5. The molecule has 0 bridgehead atoms. The molecular formula is C20H27N5O2. The molecule has 3 rings (SSSR count). The number of benzene rings is 1. The standard InChI is InChI=1S/C20H27N5O2/c1-27-18-6-4-17(5-7-18)16-19(26)21-10-3-11-24-12-14-25(15-13-24)20-22-8-2-9-23-20/h2,4-9H,3,10-16H2,1H3,(H,21,26). The number of ether oxygens (including phenoxy) is 1. The molecule has 1 fully saturated rings. The largest absolute Gasteiger partial charge is 0.497 e. The number of anilines is 1. The van der Waals surface area contributed by atoms with E-state index in [1.807, 2.05) is 30.3 Å². The molecule has 2 heterocycles. The van der Waals surface area contributed by atoms with Crippen molar-refractivity contribution in [3.8, 4) is 5.75 Å². The van der Waals surface area contributed by atoms with Gasteiger partial charge in [0.15, 0.2) is 0 Å². The highest BCUT2D eigenvalue weighted by molar-refractivity contribution is 5.78. The van der Waals surface area contributed by atoms with Crippen LogP contribution in [0, 0.1) is 0 Å². The lowest BCUT2D eigenvalue weighted by atomic mass is 10.1. The highest BCUT2D eigenvalue weighted by Gasteiger charge is 2.18. The van der Waals surface area contributed by atoms with Gasteiger partial charge in [-0.05, 0) is 36.7 Å². The van der Waals surface area contributed by atoms with E-state index < -0.39 is 0 Å². The molecule has 1 saturated heterocycles. The smallest absolute Gasteiger partial charge is 0.225 e. The van der Waals surface area contributed by atoms with Crippen molar-refractivity contribution < 1.29 is 9.53 Å². The normalized spacial score (nSPS) is 14.8. The Hall–Kier alpha value is -2.67. The first kappa shape index (κ1) is 19.1. The molecule has 1 aliphatic heterocycles. The summed E-state index contributed by atoms with van der Waals surface area (Å²) in [6.07, 6.45) is 4.92. The zero-order valence-corrected chi connectivity index (χ0v) is 15.8. The molecule has 27 heavy (non-hydrogen) atoms. The van der Waals surface area contributed by atoms with Gasteiger partial charge in [-0.3, -0.25) is 9.69 Å². The van der Waals surface area contributed by atoms with E-state index in [1.54, 1.807) is 19.5 Å². The topological polar surface area (TPSA) is 70.6 Å². The molecule has 2 aromatic rings. The quantitative estimate of drug-likeness (QED) is 0.709. The number of amides is 1. The fourth-order valence-corrected chi connectivity index (χ4v) is 3.15. The van der Waals surface area contributed by atoms with Crippen molar-refractivity contribution in [2.75, 3.05) is 51.3 Å². The molecule has 144 valence electrons. The molecule has 7 heteroatoms. The number of aromatic nitrogens is 2. The Labute approximate surface area is 160 Å². The molecule has 0 aliphatic carbocycles. The number of hydrogen-bond donors (Lipinski definition) is 1. The molecule has 0 saturated carbocycles. The van der Waals surface area contributed by atoms with Gasteiger partial charge in [-0.15, -0.1) is 0 Å². The van der Waals surface area contributed by atoms with Crippen molar-refractivity contribution in [3.05, 3.63) is 48.3 Å². The van der Waals surface area contributed by atoms with Gasteiger partial charge >= 0.3 is 0 Å². The van der Waals surface area contributed by atoms with Crippen LogP contribution in [0.25, 0.3) is 0 Å². The van der Waals surface area contributed by atoms with Gasteiger partial charge < -0.3 is 15.0 Å². The molecule has 1 aromatic heterocycles. The summed E-state index contributed by atoms with van der Waals surface area (Å²) in [5, 5.41) is 3.01. The monoisotopic (exact) mass is 369 g/mol. The maximum atomic E-state index is 12.0. The van der Waals surface area contributed by atoms with Crippen molar-refractivity contribution in [1.82, 2.24) is 20.2 Å². The van der Waals surface area contributed by atoms with Crippen molar-refractivity contribution in [3.63, 3.8) is 0 Å². The Balaban J connectivity index is 1.29. The van der Waals surface area contributed by atoms with Crippen LogP contribution in [0.15, 0.2) is 42.7 Å². The van der Waals surface area contributed by atoms with Gasteiger partial charge in [-0.25, -0.2) is 9.97 Å². The number of nitrogens with zero attached hydrogens (tertiary/aromatic N) is 4. The summed E-state index contributed by atoms with van der Waals surface area (Å²) in [4.78, 5) is 25.3. The summed E-state index contributed by atoms with van der Waals surface area (Å²) in [5.74, 6) is 1.67. The Morgan fingerprint density at radius 2 is 1.81 bits per heavy atom. The summed E-state index contributed by atoms with van der Waals surface area (Å²) in [6, 6.07) is 9.44. The van der Waals surface area contributed by atoms with Gasteiger partial charge in [0.1, 0.15) is 5.75 Å². The van der Waals surface area contributed by atoms with Crippen molar-refractivity contribution in [2.45, 2.75) is 12.8 Å². The Kier molecular flexibility index (Phi) is 6.98. The van der Waals surface area contributed by atoms with Crippen molar-refractivity contribution in [1.29, 1.82) is 0 Å². The number of carbonyl (C=O) groups excluding carboxylic acids is 1. The molecule has 1 aromatic carbocycles. The van der Waals surface area contributed by atoms with Crippen LogP contribution < -0.4 is 15.0 Å². The first-order valence-corrected chi connectivity index (χ1v) is 9.38. The maximum absolute atomic E-state index is 12.0. The van der Waals surface area contributed by atoms with Crippen LogP contribution in [0.2, 0.25) is 0 Å². The zero-order chi connectivity index (χ0) is 18.9. The van der Waals surface area contributed by atoms with E-state index in [-0.39, 0.29) is 5.91 Å². The third-order valence-corrected chi connectivity index (χ3v) is 4.70. The van der Waals surface area contributed by atoms with Crippen LogP contribution in [0.3, 0.4) is 0 Å². The minimum atomic E-state index is 0.0613. The Morgan fingerprint density at radius 1 is 1.11 bits per heavy atom. The number of rotatable bonds is 8. The highest BCUT2D eigenvalue weighted by Crippen LogP contribution is 2.12. The van der Waals surface area contributed by atoms with Gasteiger partial charge in [0.05, 0.1) is 13.5 Å². The van der Waals surface area contributed by atoms with Crippen LogP contribution in [0.1, 0.15) is 12.0 Å². The Morgan fingerprint density at radius 3 is 2.48 bits per heavy atom. The predicted molar refractivity (Wildman–Crippen MR) is 105 cm³/mol. The molecule has 0 spiro atoms. The summed E-state index contributed by atoms with van der Waals surface area (Å²) in [5.41, 5.74) is 0.993. The van der Waals surface area contributed by atoms with Gasteiger partial charge in [0, 0.05) is 45.1 Å². The van der Waals surface area contributed by atoms with Crippen LogP contribution in [-0.2, 0) is 11.2 Å². The lowest BCUT2D eigenvalue weighted by Crippen LogP contribution is -2.47. The van der Waals surface area contributed by atoms with E-state index in [2.05, 4.69) is 25.1 Å². The fourth-order valence-electron chi connectivity index (χ4n) is 3.15. The summed E-state index contributed by atoms with van der Waals surface area (Å²) in [7, 11) is 1.64. The van der Waals surface area contributed by atoms with E-state index in [0.29, 0.717) is 13.0 Å². The summed E-state index contributed by atoms with van der Waals surface area (Å²) >= 11 is 0. The number of methoxy groups -OCH3 is 1. The zero-order valence-electron chi connectivity index (χ0n) is 15.8.